The predicted molar refractivity (Wildman–Crippen MR) is 121 cm³/mol. The molecule has 0 spiro atoms. The molecule has 3 nitrogen and oxygen atoms in total. The number of hydrogen-bond donors (Lipinski definition) is 3. The van der Waals surface area contributed by atoms with Crippen molar-refractivity contribution < 1.29 is 4.90 Å². The first-order valence-electron chi connectivity index (χ1n) is 10.6. The van der Waals surface area contributed by atoms with E-state index in [1.165, 1.54) is 48.8 Å². The summed E-state index contributed by atoms with van der Waals surface area (Å²) in [7, 11) is 0. The number of thiocarbonyl (C=S) groups is 1. The van der Waals surface area contributed by atoms with Gasteiger partial charge >= 0.3 is 0 Å². The molecule has 0 unspecified atom stereocenters. The minimum absolute atomic E-state index is 0.486. The first-order valence-corrected chi connectivity index (χ1v) is 11.0. The van der Waals surface area contributed by atoms with Crippen LogP contribution in [0.15, 0.2) is 48.5 Å². The topological polar surface area (TPSA) is 28.5 Å². The third-order valence-electron chi connectivity index (χ3n) is 6.73. The molecule has 2 aliphatic heterocycles. The number of quaternary nitrogens is 1. The second kappa shape index (κ2) is 8.62. The lowest BCUT2D eigenvalue weighted by atomic mass is 9.81. The highest BCUT2D eigenvalue weighted by Gasteiger charge is 2.41. The summed E-state index contributed by atoms with van der Waals surface area (Å²) < 4.78 is 0. The van der Waals surface area contributed by atoms with Crippen molar-refractivity contribution in [2.45, 2.75) is 70.6 Å². The summed E-state index contributed by atoms with van der Waals surface area (Å²) in [6.07, 6.45) is 6.49. The molecule has 2 bridgehead atoms. The number of rotatable bonds is 4. The van der Waals surface area contributed by atoms with E-state index in [-0.39, 0.29) is 0 Å². The van der Waals surface area contributed by atoms with E-state index < -0.39 is 0 Å². The van der Waals surface area contributed by atoms with Gasteiger partial charge in [-0.2, -0.15) is 0 Å². The van der Waals surface area contributed by atoms with Crippen molar-refractivity contribution in [2.75, 3.05) is 5.32 Å². The van der Waals surface area contributed by atoms with Gasteiger partial charge in [0.15, 0.2) is 5.11 Å². The molecule has 2 heterocycles. The van der Waals surface area contributed by atoms with Crippen LogP contribution in [0.3, 0.4) is 0 Å². The first-order chi connectivity index (χ1) is 13.6. The molecule has 2 saturated heterocycles. The van der Waals surface area contributed by atoms with Crippen LogP contribution in [0.2, 0.25) is 0 Å². The lowest BCUT2D eigenvalue weighted by Gasteiger charge is -2.46. The third kappa shape index (κ3) is 4.39. The van der Waals surface area contributed by atoms with Gasteiger partial charge in [0, 0.05) is 30.1 Å². The lowest BCUT2D eigenvalue weighted by molar-refractivity contribution is -0.973. The zero-order valence-corrected chi connectivity index (χ0v) is 17.8. The van der Waals surface area contributed by atoms with Crippen LogP contribution < -0.4 is 15.5 Å². The van der Waals surface area contributed by atoms with Gasteiger partial charge in [-0.1, -0.05) is 42.5 Å². The zero-order valence-electron chi connectivity index (χ0n) is 17.0. The Morgan fingerprint density at radius 3 is 2.43 bits per heavy atom. The molecule has 28 heavy (non-hydrogen) atoms. The Balaban J connectivity index is 1.37. The van der Waals surface area contributed by atoms with Crippen LogP contribution in [-0.4, -0.2) is 23.2 Å². The van der Waals surface area contributed by atoms with Crippen molar-refractivity contribution in [1.29, 1.82) is 0 Å². The van der Waals surface area contributed by atoms with Gasteiger partial charge in [-0.05, 0) is 62.5 Å². The van der Waals surface area contributed by atoms with Gasteiger partial charge in [0.1, 0.15) is 6.54 Å². The molecular formula is C24H32N3S+. The average molecular weight is 395 g/mol. The number of piperidine rings is 2. The van der Waals surface area contributed by atoms with Gasteiger partial charge in [0.05, 0.1) is 12.1 Å². The standard InChI is InChI=1S/C24H31N3S/c1-17-8-6-13-23(18(17)2)26-24(28)25-20-14-21-11-7-12-22(15-20)27(21)16-19-9-4-3-5-10-19/h3-6,8-10,13,20-22H,7,11-12,14-16H2,1-2H3,(H2,25,26,28)/p+1/t21-,22-/m1/s1. The van der Waals surface area contributed by atoms with Crippen molar-refractivity contribution >= 4 is 23.0 Å². The van der Waals surface area contributed by atoms with Gasteiger partial charge in [0.25, 0.3) is 0 Å². The average Bonchev–Trinajstić information content (AvgIpc) is 2.67. The Morgan fingerprint density at radius 2 is 1.71 bits per heavy atom. The van der Waals surface area contributed by atoms with Crippen LogP contribution >= 0.6 is 12.2 Å². The van der Waals surface area contributed by atoms with Crippen molar-refractivity contribution in [3.63, 3.8) is 0 Å². The molecule has 2 aliphatic rings. The normalized spacial score (nSPS) is 26.5. The second-order valence-electron chi connectivity index (χ2n) is 8.58. The number of hydrogen-bond acceptors (Lipinski definition) is 1. The highest BCUT2D eigenvalue weighted by molar-refractivity contribution is 7.80. The highest BCUT2D eigenvalue weighted by atomic mass is 32.1. The largest absolute Gasteiger partial charge is 0.359 e. The predicted octanol–water partition coefficient (Wildman–Crippen LogP) is 3.76. The minimum Gasteiger partial charge on any atom is -0.359 e. The maximum Gasteiger partial charge on any atom is 0.171 e. The molecule has 0 radical (unpaired) electrons. The van der Waals surface area contributed by atoms with Gasteiger partial charge in [-0.3, -0.25) is 0 Å². The highest BCUT2D eigenvalue weighted by Crippen LogP contribution is 2.23. The molecule has 0 saturated carbocycles. The van der Waals surface area contributed by atoms with E-state index in [9.17, 15) is 0 Å². The van der Waals surface area contributed by atoms with Crippen LogP contribution in [-0.2, 0) is 6.54 Å². The Kier molecular flexibility index (Phi) is 5.98. The molecule has 0 aliphatic carbocycles. The fraction of sp³-hybridized carbons (Fsp3) is 0.458. The van der Waals surface area contributed by atoms with E-state index >= 15 is 0 Å². The molecular weight excluding hydrogens is 362 g/mol. The molecule has 2 aromatic carbocycles. The minimum atomic E-state index is 0.486. The fourth-order valence-corrected chi connectivity index (χ4v) is 5.38. The van der Waals surface area contributed by atoms with Crippen LogP contribution in [0.1, 0.15) is 48.8 Å². The number of benzene rings is 2. The summed E-state index contributed by atoms with van der Waals surface area (Å²) in [5.41, 5.74) is 5.14. The molecule has 2 aromatic rings. The van der Waals surface area contributed by atoms with Gasteiger partial charge in [-0.15, -0.1) is 0 Å². The monoisotopic (exact) mass is 394 g/mol. The Labute approximate surface area is 174 Å². The molecule has 2 fully saturated rings. The number of aryl methyl sites for hydroxylation is 1. The summed E-state index contributed by atoms with van der Waals surface area (Å²) in [6.45, 7) is 5.45. The summed E-state index contributed by atoms with van der Waals surface area (Å²) in [5, 5.41) is 7.83. The van der Waals surface area contributed by atoms with Crippen molar-refractivity contribution in [2.24, 2.45) is 0 Å². The second-order valence-corrected chi connectivity index (χ2v) is 8.98. The van der Waals surface area contributed by atoms with Gasteiger partial charge in [-0.25, -0.2) is 0 Å². The summed E-state index contributed by atoms with van der Waals surface area (Å²) >= 11 is 5.66. The third-order valence-corrected chi connectivity index (χ3v) is 6.95. The quantitative estimate of drug-likeness (QED) is 0.690. The first kappa shape index (κ1) is 19.4. The molecule has 0 aromatic heterocycles. The summed E-state index contributed by atoms with van der Waals surface area (Å²) in [5.74, 6) is 0. The molecule has 4 heteroatoms. The van der Waals surface area contributed by atoms with E-state index in [1.807, 2.05) is 0 Å². The van der Waals surface area contributed by atoms with Crippen LogP contribution in [0.5, 0.6) is 0 Å². The van der Waals surface area contributed by atoms with E-state index in [1.54, 1.807) is 4.90 Å². The fourth-order valence-electron chi connectivity index (χ4n) is 5.10. The van der Waals surface area contributed by atoms with Gasteiger partial charge in [0.2, 0.25) is 0 Å². The molecule has 4 rings (SSSR count). The van der Waals surface area contributed by atoms with Crippen LogP contribution in [0, 0.1) is 13.8 Å². The number of nitrogens with one attached hydrogen (secondary N) is 3. The van der Waals surface area contributed by atoms with Crippen LogP contribution in [0.25, 0.3) is 0 Å². The SMILES string of the molecule is Cc1cccc(NC(=S)NC2C[C@H]3CCC[C@H](C2)[NH+]3Cc2ccccc2)c1C. The maximum absolute atomic E-state index is 5.66. The summed E-state index contributed by atoms with van der Waals surface area (Å²) in [4.78, 5) is 1.80. The van der Waals surface area contributed by atoms with Crippen molar-refractivity contribution in [3.05, 3.63) is 65.2 Å². The van der Waals surface area contributed by atoms with E-state index in [0.29, 0.717) is 6.04 Å². The molecule has 148 valence electrons. The molecule has 3 N–H and O–H groups in total. The Hall–Kier alpha value is -1.91. The zero-order chi connectivity index (χ0) is 19.5. The maximum atomic E-state index is 5.66. The lowest BCUT2D eigenvalue weighted by Crippen LogP contribution is -3.20. The van der Waals surface area contributed by atoms with Crippen molar-refractivity contribution in [3.8, 4) is 0 Å². The molecule has 2 atom stereocenters. The van der Waals surface area contributed by atoms with E-state index in [2.05, 4.69) is 73.0 Å². The van der Waals surface area contributed by atoms with E-state index in [0.717, 1.165) is 29.4 Å². The smallest absolute Gasteiger partial charge is 0.171 e. The van der Waals surface area contributed by atoms with E-state index in [4.69, 9.17) is 12.2 Å². The Morgan fingerprint density at radius 1 is 1.00 bits per heavy atom. The van der Waals surface area contributed by atoms with Crippen molar-refractivity contribution in [1.82, 2.24) is 5.32 Å². The number of anilines is 1. The van der Waals surface area contributed by atoms with Crippen LogP contribution in [0.4, 0.5) is 5.69 Å². The Bertz CT molecular complexity index is 806. The number of fused-ring (bicyclic) bond motifs is 2. The molecule has 0 amide bonds. The summed E-state index contributed by atoms with van der Waals surface area (Å²) in [6, 6.07) is 19.3. The van der Waals surface area contributed by atoms with Gasteiger partial charge < -0.3 is 15.5 Å².